The summed E-state index contributed by atoms with van der Waals surface area (Å²) in [4.78, 5) is 6.83. The van der Waals surface area contributed by atoms with E-state index >= 15 is 0 Å². The van der Waals surface area contributed by atoms with E-state index in [4.69, 9.17) is 4.74 Å². The van der Waals surface area contributed by atoms with Gasteiger partial charge in [0.15, 0.2) is 0 Å². The van der Waals surface area contributed by atoms with E-state index in [1.54, 1.807) is 0 Å². The van der Waals surface area contributed by atoms with Crippen LogP contribution in [0.25, 0.3) is 0 Å². The van der Waals surface area contributed by atoms with Crippen LogP contribution in [-0.4, -0.2) is 37.8 Å². The molecule has 4 nitrogen and oxygen atoms in total. The van der Waals surface area contributed by atoms with Gasteiger partial charge in [-0.3, -0.25) is 0 Å². The van der Waals surface area contributed by atoms with Crippen LogP contribution in [0.1, 0.15) is 25.3 Å². The van der Waals surface area contributed by atoms with Crippen LogP contribution in [-0.2, 0) is 11.3 Å². The van der Waals surface area contributed by atoms with Gasteiger partial charge in [-0.2, -0.15) is 0 Å². The highest BCUT2D eigenvalue weighted by Crippen LogP contribution is 2.17. The number of hydrogen-bond acceptors (Lipinski definition) is 4. The summed E-state index contributed by atoms with van der Waals surface area (Å²) in [5.74, 6) is 1.05. The zero-order valence-electron chi connectivity index (χ0n) is 11.4. The second-order valence-electron chi connectivity index (χ2n) is 4.73. The first-order valence-electron chi connectivity index (χ1n) is 6.79. The molecule has 4 heteroatoms. The van der Waals surface area contributed by atoms with Gasteiger partial charge >= 0.3 is 0 Å². The van der Waals surface area contributed by atoms with E-state index in [1.165, 1.54) is 18.4 Å². The number of anilines is 1. The van der Waals surface area contributed by atoms with Crippen LogP contribution >= 0.6 is 0 Å². The first kappa shape index (κ1) is 13.3. The van der Waals surface area contributed by atoms with Gasteiger partial charge < -0.3 is 15.0 Å². The Hall–Kier alpha value is -1.13. The van der Waals surface area contributed by atoms with E-state index in [2.05, 4.69) is 34.3 Å². The van der Waals surface area contributed by atoms with E-state index in [0.717, 1.165) is 32.1 Å². The predicted molar refractivity (Wildman–Crippen MR) is 73.9 cm³/mol. The summed E-state index contributed by atoms with van der Waals surface area (Å²) in [5.41, 5.74) is 1.22. The van der Waals surface area contributed by atoms with Crippen molar-refractivity contribution in [2.75, 3.05) is 31.6 Å². The molecule has 1 aromatic rings. The molecule has 0 amide bonds. The number of rotatable bonds is 6. The summed E-state index contributed by atoms with van der Waals surface area (Å²) in [7, 11) is 1.95. The number of likely N-dealkylation sites (N-methyl/N-ethyl adjacent to an activating group) is 1. The lowest BCUT2D eigenvalue weighted by atomic mass is 10.2. The average Bonchev–Trinajstić information content (AvgIpc) is 2.90. The Bertz CT molecular complexity index is 347. The van der Waals surface area contributed by atoms with Crippen LogP contribution in [0.4, 0.5) is 5.82 Å². The highest BCUT2D eigenvalue weighted by atomic mass is 16.5. The molecule has 0 bridgehead atoms. The minimum atomic E-state index is 0.378. The molecule has 0 spiro atoms. The van der Waals surface area contributed by atoms with Crippen molar-refractivity contribution < 1.29 is 4.74 Å². The zero-order valence-corrected chi connectivity index (χ0v) is 11.4. The third-order valence-corrected chi connectivity index (χ3v) is 3.34. The molecular formula is C14H23N3O. The van der Waals surface area contributed by atoms with Crippen LogP contribution in [0.15, 0.2) is 18.3 Å². The molecule has 2 heterocycles. The highest BCUT2D eigenvalue weighted by Gasteiger charge is 2.19. The molecule has 0 radical (unpaired) electrons. The Balaban J connectivity index is 1.97. The van der Waals surface area contributed by atoms with Gasteiger partial charge in [-0.05, 0) is 38.4 Å². The summed E-state index contributed by atoms with van der Waals surface area (Å²) in [6, 6.07) is 4.24. The van der Waals surface area contributed by atoms with Gasteiger partial charge in [-0.1, -0.05) is 6.07 Å². The molecule has 2 rings (SSSR count). The molecular weight excluding hydrogens is 226 g/mol. The minimum Gasteiger partial charge on any atom is -0.376 e. The molecule has 1 unspecified atom stereocenters. The molecule has 1 fully saturated rings. The normalized spacial score (nSPS) is 19.1. The van der Waals surface area contributed by atoms with Crippen LogP contribution in [0.5, 0.6) is 0 Å². The van der Waals surface area contributed by atoms with Crippen LogP contribution in [0.2, 0.25) is 0 Å². The first-order chi connectivity index (χ1) is 8.83. The molecule has 1 aromatic heterocycles. The van der Waals surface area contributed by atoms with Crippen molar-refractivity contribution in [2.24, 2.45) is 0 Å². The molecule has 0 saturated carbocycles. The summed E-state index contributed by atoms with van der Waals surface area (Å²) >= 11 is 0. The second kappa shape index (κ2) is 6.71. The van der Waals surface area contributed by atoms with Gasteiger partial charge in [0.2, 0.25) is 0 Å². The van der Waals surface area contributed by atoms with Gasteiger partial charge in [0, 0.05) is 32.4 Å². The molecule has 18 heavy (non-hydrogen) atoms. The van der Waals surface area contributed by atoms with E-state index in [-0.39, 0.29) is 0 Å². The smallest absolute Gasteiger partial charge is 0.128 e. The Morgan fingerprint density at radius 2 is 2.39 bits per heavy atom. The second-order valence-corrected chi connectivity index (χ2v) is 4.73. The molecule has 1 N–H and O–H groups in total. The topological polar surface area (TPSA) is 37.4 Å². The zero-order chi connectivity index (χ0) is 12.8. The van der Waals surface area contributed by atoms with Gasteiger partial charge in [-0.15, -0.1) is 0 Å². The van der Waals surface area contributed by atoms with Gasteiger partial charge in [0.1, 0.15) is 5.82 Å². The van der Waals surface area contributed by atoms with Gasteiger partial charge in [0.05, 0.1) is 6.10 Å². The van der Waals surface area contributed by atoms with Crippen molar-refractivity contribution in [1.82, 2.24) is 10.3 Å². The maximum Gasteiger partial charge on any atom is 0.128 e. The summed E-state index contributed by atoms with van der Waals surface area (Å²) < 4.78 is 5.69. The number of aromatic nitrogens is 1. The monoisotopic (exact) mass is 249 g/mol. The average molecular weight is 249 g/mol. The Morgan fingerprint density at radius 3 is 2.94 bits per heavy atom. The van der Waals surface area contributed by atoms with Crippen molar-refractivity contribution in [1.29, 1.82) is 0 Å². The minimum absolute atomic E-state index is 0.378. The predicted octanol–water partition coefficient (Wildman–Crippen LogP) is 1.81. The molecule has 1 saturated heterocycles. The number of ether oxygens (including phenoxy) is 1. The number of nitrogens with one attached hydrogen (secondary N) is 1. The van der Waals surface area contributed by atoms with Crippen molar-refractivity contribution in [3.63, 3.8) is 0 Å². The number of pyridine rings is 1. The quantitative estimate of drug-likeness (QED) is 0.834. The van der Waals surface area contributed by atoms with E-state index in [9.17, 15) is 0 Å². The van der Waals surface area contributed by atoms with Crippen molar-refractivity contribution in [3.8, 4) is 0 Å². The standard InChI is InChI=1S/C14H23N3O/c1-3-17(11-13-5-4-8-18-13)14-7-6-12(9-15-2)10-16-14/h6-7,10,13,15H,3-5,8-9,11H2,1-2H3. The Morgan fingerprint density at radius 1 is 1.50 bits per heavy atom. The first-order valence-corrected chi connectivity index (χ1v) is 6.79. The molecule has 1 aliphatic rings. The third kappa shape index (κ3) is 3.43. The fourth-order valence-corrected chi connectivity index (χ4v) is 2.33. The lowest BCUT2D eigenvalue weighted by Gasteiger charge is -2.25. The molecule has 1 aliphatic heterocycles. The van der Waals surface area contributed by atoms with Crippen molar-refractivity contribution >= 4 is 5.82 Å². The van der Waals surface area contributed by atoms with Crippen LogP contribution in [0.3, 0.4) is 0 Å². The molecule has 100 valence electrons. The number of hydrogen-bond donors (Lipinski definition) is 1. The molecule has 0 aromatic carbocycles. The largest absolute Gasteiger partial charge is 0.376 e. The molecule has 1 atom stereocenters. The fraction of sp³-hybridized carbons (Fsp3) is 0.643. The SMILES string of the molecule is CCN(CC1CCCO1)c1ccc(CNC)cn1. The summed E-state index contributed by atoms with van der Waals surface area (Å²) in [5, 5.41) is 3.13. The van der Waals surface area contributed by atoms with E-state index in [1.807, 2.05) is 13.2 Å². The maximum absolute atomic E-state index is 5.69. The maximum atomic E-state index is 5.69. The van der Waals surface area contributed by atoms with E-state index < -0.39 is 0 Å². The highest BCUT2D eigenvalue weighted by molar-refractivity contribution is 5.39. The van der Waals surface area contributed by atoms with Crippen LogP contribution in [0, 0.1) is 0 Å². The van der Waals surface area contributed by atoms with Crippen molar-refractivity contribution in [2.45, 2.75) is 32.4 Å². The van der Waals surface area contributed by atoms with Gasteiger partial charge in [-0.25, -0.2) is 4.98 Å². The summed E-state index contributed by atoms with van der Waals surface area (Å²) in [6.07, 6.45) is 4.69. The van der Waals surface area contributed by atoms with Crippen LogP contribution < -0.4 is 10.2 Å². The van der Waals surface area contributed by atoms with Crippen molar-refractivity contribution in [3.05, 3.63) is 23.9 Å². The lowest BCUT2D eigenvalue weighted by molar-refractivity contribution is 0.115. The number of nitrogens with zero attached hydrogens (tertiary/aromatic N) is 2. The summed E-state index contributed by atoms with van der Waals surface area (Å²) in [6.45, 7) is 5.87. The fourth-order valence-electron chi connectivity index (χ4n) is 2.33. The third-order valence-electron chi connectivity index (χ3n) is 3.34. The van der Waals surface area contributed by atoms with E-state index in [0.29, 0.717) is 6.10 Å². The Kier molecular flexibility index (Phi) is 4.96. The lowest BCUT2D eigenvalue weighted by Crippen LogP contribution is -2.32. The Labute approximate surface area is 109 Å². The van der Waals surface area contributed by atoms with Gasteiger partial charge in [0.25, 0.3) is 0 Å². The molecule has 0 aliphatic carbocycles.